The lowest BCUT2D eigenvalue weighted by molar-refractivity contribution is -0.167. The molecule has 1 fully saturated rings. The first-order valence-electron chi connectivity index (χ1n) is 4.27. The Bertz CT molecular complexity index is 155. The highest BCUT2D eigenvalue weighted by molar-refractivity contribution is 5.05. The van der Waals surface area contributed by atoms with E-state index in [4.69, 9.17) is 0 Å². The summed E-state index contributed by atoms with van der Waals surface area (Å²) in [7, 11) is 0. The summed E-state index contributed by atoms with van der Waals surface area (Å²) in [6.07, 6.45) is -2.37. The monoisotopic (exact) mass is 180 g/mol. The number of hydrogen-bond donors (Lipinski definition) is 0. The maximum atomic E-state index is 13.1. The number of alkyl halides is 3. The van der Waals surface area contributed by atoms with Gasteiger partial charge in [-0.2, -0.15) is 0 Å². The zero-order valence-electron chi connectivity index (χ0n) is 7.70. The summed E-state index contributed by atoms with van der Waals surface area (Å²) in [6.45, 7) is 4.87. The van der Waals surface area contributed by atoms with Gasteiger partial charge in [-0.05, 0) is 25.7 Å². The fourth-order valence-electron chi connectivity index (χ4n) is 2.14. The Morgan fingerprint density at radius 3 is 1.67 bits per heavy atom. The second-order valence-corrected chi connectivity index (χ2v) is 4.46. The summed E-state index contributed by atoms with van der Waals surface area (Å²) < 4.78 is 38.2. The summed E-state index contributed by atoms with van der Waals surface area (Å²) in [5.41, 5.74) is -2.41. The van der Waals surface area contributed by atoms with Crippen LogP contribution in [0.4, 0.5) is 13.2 Å². The molecule has 0 amide bonds. The van der Waals surface area contributed by atoms with Crippen molar-refractivity contribution in [3.63, 3.8) is 0 Å². The lowest BCUT2D eigenvalue weighted by Gasteiger charge is -2.52. The third-order valence-corrected chi connectivity index (χ3v) is 2.98. The van der Waals surface area contributed by atoms with Crippen molar-refractivity contribution in [2.75, 3.05) is 0 Å². The topological polar surface area (TPSA) is 0 Å². The molecule has 0 spiro atoms. The quantitative estimate of drug-likeness (QED) is 0.610. The molecule has 0 aromatic rings. The standard InChI is InChI=1S/C9H15F3/c1-6(2)9(7(10)11)4-8(3,12)5-9/h6-7H,4-5H2,1-3H3. The summed E-state index contributed by atoms with van der Waals surface area (Å²) in [6, 6.07) is 0. The molecule has 0 bridgehead atoms. The van der Waals surface area contributed by atoms with Gasteiger partial charge in [0.05, 0.1) is 0 Å². The number of hydrogen-bond acceptors (Lipinski definition) is 0. The zero-order chi connectivity index (χ0) is 9.57. The van der Waals surface area contributed by atoms with Gasteiger partial charge in [0.15, 0.2) is 0 Å². The predicted molar refractivity (Wildman–Crippen MR) is 42.0 cm³/mol. The van der Waals surface area contributed by atoms with E-state index in [1.54, 1.807) is 13.8 Å². The minimum atomic E-state index is -2.39. The van der Waals surface area contributed by atoms with E-state index >= 15 is 0 Å². The summed E-state index contributed by atoms with van der Waals surface area (Å²) in [5.74, 6) is -0.138. The molecule has 1 rings (SSSR count). The number of rotatable bonds is 2. The van der Waals surface area contributed by atoms with Crippen molar-refractivity contribution in [3.8, 4) is 0 Å². The van der Waals surface area contributed by atoms with E-state index in [2.05, 4.69) is 0 Å². The molecule has 1 aliphatic rings. The molecule has 0 nitrogen and oxygen atoms in total. The van der Waals surface area contributed by atoms with Crippen molar-refractivity contribution in [1.29, 1.82) is 0 Å². The summed E-state index contributed by atoms with van der Waals surface area (Å²) in [5, 5.41) is 0. The normalized spacial score (nSPS) is 42.0. The molecule has 3 heteroatoms. The van der Waals surface area contributed by atoms with Gasteiger partial charge in [-0.3, -0.25) is 0 Å². The van der Waals surface area contributed by atoms with Crippen molar-refractivity contribution >= 4 is 0 Å². The lowest BCUT2D eigenvalue weighted by atomic mass is 9.56. The Morgan fingerprint density at radius 2 is 1.58 bits per heavy atom. The van der Waals surface area contributed by atoms with Crippen LogP contribution in [0.1, 0.15) is 33.6 Å². The Hall–Kier alpha value is -0.210. The predicted octanol–water partition coefficient (Wildman–Crippen LogP) is 3.42. The van der Waals surface area contributed by atoms with Gasteiger partial charge in [-0.1, -0.05) is 13.8 Å². The van der Waals surface area contributed by atoms with Crippen molar-refractivity contribution in [2.45, 2.75) is 45.7 Å². The summed E-state index contributed by atoms with van der Waals surface area (Å²) in [4.78, 5) is 0. The van der Waals surface area contributed by atoms with Gasteiger partial charge < -0.3 is 0 Å². The van der Waals surface area contributed by atoms with Crippen molar-refractivity contribution in [3.05, 3.63) is 0 Å². The zero-order valence-corrected chi connectivity index (χ0v) is 7.70. The molecule has 0 radical (unpaired) electrons. The molecule has 0 N–H and O–H groups in total. The third kappa shape index (κ3) is 1.34. The molecule has 0 heterocycles. The maximum Gasteiger partial charge on any atom is 0.244 e. The van der Waals surface area contributed by atoms with Crippen LogP contribution >= 0.6 is 0 Å². The number of halogens is 3. The third-order valence-electron chi connectivity index (χ3n) is 2.98. The van der Waals surface area contributed by atoms with Crippen LogP contribution < -0.4 is 0 Å². The van der Waals surface area contributed by atoms with Crippen LogP contribution in [-0.2, 0) is 0 Å². The average Bonchev–Trinajstić information content (AvgIpc) is 1.80. The van der Waals surface area contributed by atoms with Gasteiger partial charge in [-0.15, -0.1) is 0 Å². The van der Waals surface area contributed by atoms with Crippen molar-refractivity contribution in [2.24, 2.45) is 11.3 Å². The van der Waals surface area contributed by atoms with Crippen LogP contribution in [0, 0.1) is 11.3 Å². The van der Waals surface area contributed by atoms with Gasteiger partial charge in [0, 0.05) is 5.41 Å². The van der Waals surface area contributed by atoms with Crippen LogP contribution in [-0.4, -0.2) is 12.1 Å². The van der Waals surface area contributed by atoms with Crippen LogP contribution in [0.15, 0.2) is 0 Å². The first-order valence-corrected chi connectivity index (χ1v) is 4.27. The van der Waals surface area contributed by atoms with Gasteiger partial charge in [-0.25, -0.2) is 13.2 Å². The van der Waals surface area contributed by atoms with Gasteiger partial charge in [0.25, 0.3) is 0 Å². The fourth-order valence-corrected chi connectivity index (χ4v) is 2.14. The highest BCUT2D eigenvalue weighted by atomic mass is 19.3. The molecule has 72 valence electrons. The van der Waals surface area contributed by atoms with Crippen molar-refractivity contribution < 1.29 is 13.2 Å². The highest BCUT2D eigenvalue weighted by Crippen LogP contribution is 2.58. The molecule has 12 heavy (non-hydrogen) atoms. The van der Waals surface area contributed by atoms with Crippen LogP contribution in [0.25, 0.3) is 0 Å². The lowest BCUT2D eigenvalue weighted by Crippen LogP contribution is -2.54. The Morgan fingerprint density at radius 1 is 1.17 bits per heavy atom. The molecular weight excluding hydrogens is 165 g/mol. The van der Waals surface area contributed by atoms with E-state index in [-0.39, 0.29) is 18.8 Å². The van der Waals surface area contributed by atoms with E-state index in [1.165, 1.54) is 6.92 Å². The average molecular weight is 180 g/mol. The van der Waals surface area contributed by atoms with E-state index in [9.17, 15) is 13.2 Å². The molecule has 0 aromatic heterocycles. The molecule has 0 saturated heterocycles. The molecule has 0 aromatic carbocycles. The molecule has 0 aliphatic heterocycles. The molecular formula is C9H15F3. The van der Waals surface area contributed by atoms with Crippen LogP contribution in [0.2, 0.25) is 0 Å². The van der Waals surface area contributed by atoms with E-state index in [0.717, 1.165) is 0 Å². The Kier molecular flexibility index (Phi) is 2.17. The Balaban J connectivity index is 2.69. The second-order valence-electron chi connectivity index (χ2n) is 4.46. The second kappa shape index (κ2) is 2.64. The minimum Gasteiger partial charge on any atom is -0.244 e. The summed E-state index contributed by atoms with van der Waals surface area (Å²) >= 11 is 0. The van der Waals surface area contributed by atoms with Crippen molar-refractivity contribution in [1.82, 2.24) is 0 Å². The van der Waals surface area contributed by atoms with Crippen LogP contribution in [0.3, 0.4) is 0 Å². The van der Waals surface area contributed by atoms with Gasteiger partial charge in [0.2, 0.25) is 6.43 Å². The SMILES string of the molecule is CC(C)C1(C(F)F)CC(C)(F)C1. The first-order chi connectivity index (χ1) is 5.30. The molecule has 1 saturated carbocycles. The maximum absolute atomic E-state index is 13.1. The van der Waals surface area contributed by atoms with E-state index in [1.807, 2.05) is 0 Å². The molecule has 0 unspecified atom stereocenters. The minimum absolute atomic E-state index is 0.00926. The van der Waals surface area contributed by atoms with Gasteiger partial charge in [0.1, 0.15) is 5.67 Å². The largest absolute Gasteiger partial charge is 0.244 e. The van der Waals surface area contributed by atoms with Gasteiger partial charge >= 0.3 is 0 Å². The highest BCUT2D eigenvalue weighted by Gasteiger charge is 2.59. The van der Waals surface area contributed by atoms with Crippen LogP contribution in [0.5, 0.6) is 0 Å². The Labute approximate surface area is 71.1 Å². The van der Waals surface area contributed by atoms with E-state index < -0.39 is 17.5 Å². The fraction of sp³-hybridized carbons (Fsp3) is 1.00. The molecule has 1 aliphatic carbocycles. The van der Waals surface area contributed by atoms with E-state index in [0.29, 0.717) is 0 Å². The smallest absolute Gasteiger partial charge is 0.244 e. The molecule has 0 atom stereocenters. The first kappa shape index (κ1) is 9.87.